The molecular weight excluding hydrogens is 316 g/mol. The van der Waals surface area contributed by atoms with Crippen molar-refractivity contribution in [1.82, 2.24) is 19.8 Å². The van der Waals surface area contributed by atoms with Gasteiger partial charge in [0.25, 0.3) is 0 Å². The Hall–Kier alpha value is -1.70. The Morgan fingerprint density at radius 2 is 2.17 bits per heavy atom. The third-order valence-electron chi connectivity index (χ3n) is 3.80. The zero-order valence-corrected chi connectivity index (χ0v) is 14.6. The zero-order chi connectivity index (χ0) is 16.8. The fourth-order valence-electron chi connectivity index (χ4n) is 2.42. The smallest absolute Gasteiger partial charge is 0.409 e. The normalized spacial score (nSPS) is 16.9. The van der Waals surface area contributed by atoms with Gasteiger partial charge < -0.3 is 19.5 Å². The summed E-state index contributed by atoms with van der Waals surface area (Å²) in [5.41, 5.74) is 0. The number of aryl methyl sites for hydroxylation is 1. The third-order valence-corrected chi connectivity index (χ3v) is 4.97. The van der Waals surface area contributed by atoms with Gasteiger partial charge in [-0.05, 0) is 26.7 Å². The quantitative estimate of drug-likeness (QED) is 0.825. The van der Waals surface area contributed by atoms with Gasteiger partial charge in [-0.15, -0.1) is 0 Å². The molecule has 0 radical (unpaired) electrons. The standard InChI is InChI=1S/C15H24N4O3S/c1-4-22-15(21)19-8-5-12(6-9-19)17-13(20)11(2)23-14-16-7-10-18(14)3/h7,10-12H,4-6,8-9H2,1-3H3,(H,17,20). The summed E-state index contributed by atoms with van der Waals surface area (Å²) in [4.78, 5) is 29.9. The summed E-state index contributed by atoms with van der Waals surface area (Å²) in [6.07, 6.45) is 4.82. The molecule has 1 aromatic heterocycles. The molecule has 1 aliphatic rings. The Balaban J connectivity index is 1.76. The minimum atomic E-state index is -0.268. The number of likely N-dealkylation sites (tertiary alicyclic amines) is 1. The van der Waals surface area contributed by atoms with Gasteiger partial charge in [0.15, 0.2) is 5.16 Å². The molecule has 2 rings (SSSR count). The zero-order valence-electron chi connectivity index (χ0n) is 13.8. The van der Waals surface area contributed by atoms with E-state index in [1.54, 1.807) is 18.0 Å². The number of aromatic nitrogens is 2. The first-order valence-electron chi connectivity index (χ1n) is 7.87. The molecule has 1 aliphatic heterocycles. The van der Waals surface area contributed by atoms with Gasteiger partial charge in [0, 0.05) is 38.6 Å². The fourth-order valence-corrected chi connectivity index (χ4v) is 3.26. The molecule has 1 atom stereocenters. The molecule has 1 fully saturated rings. The van der Waals surface area contributed by atoms with Crippen molar-refractivity contribution in [3.63, 3.8) is 0 Å². The third kappa shape index (κ3) is 4.89. The molecule has 128 valence electrons. The lowest BCUT2D eigenvalue weighted by Gasteiger charge is -2.32. The SMILES string of the molecule is CCOC(=O)N1CCC(NC(=O)C(C)Sc2nccn2C)CC1. The molecular formula is C15H24N4O3S. The fraction of sp³-hybridized carbons (Fsp3) is 0.667. The minimum absolute atomic E-state index is 0.00702. The number of nitrogens with one attached hydrogen (secondary N) is 1. The van der Waals surface area contributed by atoms with Gasteiger partial charge in [-0.3, -0.25) is 4.79 Å². The number of piperidine rings is 1. The van der Waals surface area contributed by atoms with E-state index >= 15 is 0 Å². The number of thioether (sulfide) groups is 1. The molecule has 1 saturated heterocycles. The van der Waals surface area contributed by atoms with Crippen LogP contribution in [0.4, 0.5) is 4.79 Å². The first-order valence-corrected chi connectivity index (χ1v) is 8.75. The molecule has 0 saturated carbocycles. The van der Waals surface area contributed by atoms with Crippen molar-refractivity contribution in [2.45, 2.75) is 43.1 Å². The second-order valence-corrected chi connectivity index (χ2v) is 6.86. The minimum Gasteiger partial charge on any atom is -0.450 e. The highest BCUT2D eigenvalue weighted by molar-refractivity contribution is 8.00. The maximum absolute atomic E-state index is 12.3. The molecule has 0 aliphatic carbocycles. The van der Waals surface area contributed by atoms with E-state index in [-0.39, 0.29) is 23.3 Å². The number of hydrogen-bond acceptors (Lipinski definition) is 5. The van der Waals surface area contributed by atoms with Crippen LogP contribution in [0.15, 0.2) is 17.6 Å². The number of carbonyl (C=O) groups is 2. The van der Waals surface area contributed by atoms with E-state index < -0.39 is 0 Å². The molecule has 1 aromatic rings. The predicted octanol–water partition coefficient (Wildman–Crippen LogP) is 1.64. The second kappa shape index (κ2) is 8.24. The van der Waals surface area contributed by atoms with Crippen molar-refractivity contribution in [3.05, 3.63) is 12.4 Å². The number of imidazole rings is 1. The summed E-state index contributed by atoms with van der Waals surface area (Å²) in [5.74, 6) is 0.00702. The van der Waals surface area contributed by atoms with Gasteiger partial charge in [0.05, 0.1) is 11.9 Å². The lowest BCUT2D eigenvalue weighted by molar-refractivity contribution is -0.121. The van der Waals surface area contributed by atoms with Gasteiger partial charge >= 0.3 is 6.09 Å². The average molecular weight is 340 g/mol. The van der Waals surface area contributed by atoms with E-state index in [4.69, 9.17) is 4.74 Å². The van der Waals surface area contributed by atoms with Crippen LogP contribution in [-0.2, 0) is 16.6 Å². The Labute approximate surface area is 140 Å². The average Bonchev–Trinajstić information content (AvgIpc) is 2.93. The van der Waals surface area contributed by atoms with Crippen LogP contribution >= 0.6 is 11.8 Å². The highest BCUT2D eigenvalue weighted by Crippen LogP contribution is 2.21. The molecule has 0 aromatic carbocycles. The van der Waals surface area contributed by atoms with Crippen LogP contribution in [0.3, 0.4) is 0 Å². The number of nitrogens with zero attached hydrogens (tertiary/aromatic N) is 3. The Kier molecular flexibility index (Phi) is 6.32. The van der Waals surface area contributed by atoms with E-state index in [1.165, 1.54) is 11.8 Å². The predicted molar refractivity (Wildman–Crippen MR) is 88.3 cm³/mol. The second-order valence-electron chi connectivity index (χ2n) is 5.55. The lowest BCUT2D eigenvalue weighted by atomic mass is 10.1. The monoisotopic (exact) mass is 340 g/mol. The largest absolute Gasteiger partial charge is 0.450 e. The summed E-state index contributed by atoms with van der Waals surface area (Å²) in [7, 11) is 1.91. The Bertz CT molecular complexity index is 541. The lowest BCUT2D eigenvalue weighted by Crippen LogP contribution is -2.48. The molecule has 23 heavy (non-hydrogen) atoms. The Morgan fingerprint density at radius 3 is 2.74 bits per heavy atom. The summed E-state index contributed by atoms with van der Waals surface area (Å²) < 4.78 is 6.89. The van der Waals surface area contributed by atoms with Crippen LogP contribution in [0, 0.1) is 0 Å². The summed E-state index contributed by atoms with van der Waals surface area (Å²) in [6.45, 7) is 5.29. The molecule has 2 amide bonds. The summed E-state index contributed by atoms with van der Waals surface area (Å²) in [5, 5.41) is 3.68. The molecule has 1 N–H and O–H groups in total. The van der Waals surface area contributed by atoms with Crippen LogP contribution in [0.5, 0.6) is 0 Å². The van der Waals surface area contributed by atoms with Gasteiger partial charge in [0.2, 0.25) is 5.91 Å². The van der Waals surface area contributed by atoms with Crippen molar-refractivity contribution in [3.8, 4) is 0 Å². The summed E-state index contributed by atoms with van der Waals surface area (Å²) >= 11 is 1.44. The van der Waals surface area contributed by atoms with Crippen LogP contribution in [0.2, 0.25) is 0 Å². The van der Waals surface area contributed by atoms with Gasteiger partial charge in [-0.25, -0.2) is 9.78 Å². The van der Waals surface area contributed by atoms with E-state index in [9.17, 15) is 9.59 Å². The number of amides is 2. The number of carbonyl (C=O) groups excluding carboxylic acids is 2. The molecule has 0 spiro atoms. The van der Waals surface area contributed by atoms with Gasteiger partial charge in [-0.1, -0.05) is 11.8 Å². The highest BCUT2D eigenvalue weighted by Gasteiger charge is 2.26. The molecule has 8 heteroatoms. The number of ether oxygens (including phenoxy) is 1. The van der Waals surface area contributed by atoms with Crippen LogP contribution in [0.25, 0.3) is 0 Å². The first kappa shape index (κ1) is 17.7. The Morgan fingerprint density at radius 1 is 1.48 bits per heavy atom. The van der Waals surface area contributed by atoms with Crippen molar-refractivity contribution in [2.24, 2.45) is 7.05 Å². The number of rotatable bonds is 5. The van der Waals surface area contributed by atoms with Gasteiger partial charge in [-0.2, -0.15) is 0 Å². The van der Waals surface area contributed by atoms with E-state index in [0.29, 0.717) is 19.7 Å². The van der Waals surface area contributed by atoms with E-state index in [0.717, 1.165) is 18.0 Å². The maximum Gasteiger partial charge on any atom is 0.409 e. The van der Waals surface area contributed by atoms with Crippen LogP contribution in [-0.4, -0.2) is 57.4 Å². The van der Waals surface area contributed by atoms with Crippen molar-refractivity contribution in [2.75, 3.05) is 19.7 Å². The van der Waals surface area contributed by atoms with Crippen molar-refractivity contribution < 1.29 is 14.3 Å². The number of hydrogen-bond donors (Lipinski definition) is 1. The van der Waals surface area contributed by atoms with E-state index in [1.807, 2.05) is 24.7 Å². The van der Waals surface area contributed by atoms with Crippen LogP contribution in [0.1, 0.15) is 26.7 Å². The van der Waals surface area contributed by atoms with Gasteiger partial charge in [0.1, 0.15) is 0 Å². The first-order chi connectivity index (χ1) is 11.0. The molecule has 0 bridgehead atoms. The maximum atomic E-state index is 12.3. The van der Waals surface area contributed by atoms with Crippen LogP contribution < -0.4 is 5.32 Å². The highest BCUT2D eigenvalue weighted by atomic mass is 32.2. The molecule has 2 heterocycles. The summed E-state index contributed by atoms with van der Waals surface area (Å²) in [6, 6.07) is 0.109. The van der Waals surface area contributed by atoms with E-state index in [2.05, 4.69) is 10.3 Å². The molecule has 1 unspecified atom stereocenters. The topological polar surface area (TPSA) is 76.5 Å². The molecule has 7 nitrogen and oxygen atoms in total. The van der Waals surface area contributed by atoms with Crippen molar-refractivity contribution in [1.29, 1.82) is 0 Å². The van der Waals surface area contributed by atoms with Crippen molar-refractivity contribution >= 4 is 23.8 Å².